The number of para-hydroxylation sites is 2. The molecule has 3 aromatic rings. The molecule has 1 unspecified atom stereocenters. The van der Waals surface area contributed by atoms with Gasteiger partial charge < -0.3 is 5.32 Å². The zero-order chi connectivity index (χ0) is 24.7. The van der Waals surface area contributed by atoms with Crippen LogP contribution in [0.15, 0.2) is 75.3 Å². The van der Waals surface area contributed by atoms with Gasteiger partial charge >= 0.3 is 0 Å². The number of benzene rings is 2. The fraction of sp³-hybridized carbons (Fsp3) is 0.174. The summed E-state index contributed by atoms with van der Waals surface area (Å²) in [5.41, 5.74) is 2.07. The van der Waals surface area contributed by atoms with Crippen LogP contribution in [0, 0.1) is 6.92 Å². The number of thioether (sulfide) groups is 1. The fourth-order valence-electron chi connectivity index (χ4n) is 2.91. The van der Waals surface area contributed by atoms with Gasteiger partial charge in [0, 0.05) is 17.4 Å². The second-order valence-corrected chi connectivity index (χ2v) is 12.2. The largest absolute Gasteiger partial charge is 0.326 e. The Hall–Kier alpha value is -2.66. The molecule has 178 valence electrons. The van der Waals surface area contributed by atoms with E-state index in [2.05, 4.69) is 9.71 Å². The minimum absolute atomic E-state index is 0.0422. The van der Waals surface area contributed by atoms with Gasteiger partial charge in [-0.25, -0.2) is 0 Å². The van der Waals surface area contributed by atoms with Crippen molar-refractivity contribution in [3.8, 4) is 0 Å². The van der Waals surface area contributed by atoms with Gasteiger partial charge in [0.1, 0.15) is 4.21 Å². The normalized spacial score (nSPS) is 12.7. The van der Waals surface area contributed by atoms with Crippen LogP contribution < -0.4 is 10.2 Å². The number of sulfonamides is 1. The summed E-state index contributed by atoms with van der Waals surface area (Å²) in [4.78, 5) is 25.7. The number of carbonyl (C=O) groups is 2. The molecule has 3 rings (SSSR count). The zero-order valence-corrected chi connectivity index (χ0v) is 21.5. The Kier molecular flexibility index (Phi) is 8.90. The monoisotopic (exact) mass is 535 g/mol. The highest BCUT2D eigenvalue weighted by Crippen LogP contribution is 2.30. The summed E-state index contributed by atoms with van der Waals surface area (Å²) in [7, 11) is -4.13. The molecule has 0 aliphatic heterocycles. The fourth-order valence-corrected chi connectivity index (χ4v) is 6.57. The molecule has 0 fully saturated rings. The summed E-state index contributed by atoms with van der Waals surface area (Å²) < 4.78 is 30.1. The van der Waals surface area contributed by atoms with E-state index in [1.165, 1.54) is 12.1 Å². The first-order valence-electron chi connectivity index (χ1n) is 10.1. The number of aryl methyl sites for hydroxylation is 1. The molecule has 34 heavy (non-hydrogen) atoms. The van der Waals surface area contributed by atoms with E-state index in [1.54, 1.807) is 43.3 Å². The lowest BCUT2D eigenvalue weighted by molar-refractivity contribution is -0.116. The van der Waals surface area contributed by atoms with Crippen molar-refractivity contribution in [1.29, 1.82) is 0 Å². The number of anilines is 2. The lowest BCUT2D eigenvalue weighted by Crippen LogP contribution is -2.30. The molecule has 1 atom stereocenters. The second-order valence-electron chi connectivity index (χ2n) is 7.21. The van der Waals surface area contributed by atoms with E-state index in [0.717, 1.165) is 33.6 Å². The van der Waals surface area contributed by atoms with E-state index in [1.807, 2.05) is 25.1 Å². The van der Waals surface area contributed by atoms with Gasteiger partial charge in [-0.05, 0) is 42.8 Å². The topological polar surface area (TPSA) is 95.9 Å². The molecule has 0 aliphatic rings. The maximum atomic E-state index is 12.9. The highest BCUT2D eigenvalue weighted by molar-refractivity contribution is 8.15. The molecule has 0 bridgehead atoms. The summed E-state index contributed by atoms with van der Waals surface area (Å²) in [6.07, 6.45) is 0.572. The van der Waals surface area contributed by atoms with E-state index in [4.69, 9.17) is 11.6 Å². The molecule has 1 aromatic heterocycles. The number of thiophene rings is 1. The van der Waals surface area contributed by atoms with Gasteiger partial charge in [0.05, 0.1) is 10.0 Å². The number of nitrogens with one attached hydrogen (secondary N) is 1. The van der Waals surface area contributed by atoms with Gasteiger partial charge in [-0.2, -0.15) is 8.42 Å². The Labute approximate surface area is 211 Å². The average Bonchev–Trinajstić information content (AvgIpc) is 3.23. The number of amidine groups is 1. The summed E-state index contributed by atoms with van der Waals surface area (Å²) in [5, 5.41) is 2.40. The molecule has 0 radical (unpaired) electrons. The van der Waals surface area contributed by atoms with Gasteiger partial charge in [-0.3, -0.25) is 14.5 Å². The van der Waals surface area contributed by atoms with Crippen LogP contribution in [0.25, 0.3) is 0 Å². The third kappa shape index (κ3) is 6.92. The summed E-state index contributed by atoms with van der Waals surface area (Å²) in [5.74, 6) is -0.237. The van der Waals surface area contributed by atoms with Crippen LogP contribution in [0.1, 0.15) is 18.9 Å². The molecule has 0 saturated heterocycles. The van der Waals surface area contributed by atoms with Gasteiger partial charge in [0.2, 0.25) is 12.3 Å². The van der Waals surface area contributed by atoms with Gasteiger partial charge in [0.15, 0.2) is 5.17 Å². The van der Waals surface area contributed by atoms with Crippen molar-refractivity contribution in [2.75, 3.05) is 10.2 Å². The molecule has 2 amide bonds. The van der Waals surface area contributed by atoms with Crippen molar-refractivity contribution in [3.05, 3.63) is 76.6 Å². The summed E-state index contributed by atoms with van der Waals surface area (Å²) >= 11 is 7.79. The van der Waals surface area contributed by atoms with Crippen molar-refractivity contribution < 1.29 is 18.0 Å². The summed E-state index contributed by atoms with van der Waals surface area (Å²) in [6, 6.07) is 18.8. The lowest BCUT2D eigenvalue weighted by atomic mass is 10.2. The molecule has 0 spiro atoms. The predicted octanol–water partition coefficient (Wildman–Crippen LogP) is 5.57. The van der Waals surface area contributed by atoms with Crippen LogP contribution in [0.5, 0.6) is 0 Å². The first-order chi connectivity index (χ1) is 16.2. The Bertz CT molecular complexity index is 1290. The average molecular weight is 536 g/mol. The van der Waals surface area contributed by atoms with Crippen molar-refractivity contribution >= 4 is 73.6 Å². The van der Waals surface area contributed by atoms with Crippen LogP contribution in [0.3, 0.4) is 0 Å². The van der Waals surface area contributed by atoms with Crippen molar-refractivity contribution in [3.63, 3.8) is 0 Å². The SMILES string of the molecule is Cc1ccccc1NC(=O)CC(C)S/C(=N/S(=O)(=O)c1ccc(Cl)s1)N(C=O)c1ccccc1. The number of rotatable bonds is 8. The Morgan fingerprint density at radius 2 is 1.82 bits per heavy atom. The van der Waals surface area contributed by atoms with Gasteiger partial charge in [-0.1, -0.05) is 66.7 Å². The first kappa shape index (κ1) is 26.0. The number of carbonyl (C=O) groups excluding carboxylic acids is 2. The molecule has 2 aromatic carbocycles. The van der Waals surface area contributed by atoms with Crippen LogP contribution in [-0.2, 0) is 19.6 Å². The lowest BCUT2D eigenvalue weighted by Gasteiger charge is -2.21. The molecule has 7 nitrogen and oxygen atoms in total. The van der Waals surface area contributed by atoms with E-state index < -0.39 is 15.3 Å². The highest BCUT2D eigenvalue weighted by atomic mass is 35.5. The van der Waals surface area contributed by atoms with Crippen LogP contribution in [-0.4, -0.2) is 31.2 Å². The van der Waals surface area contributed by atoms with E-state index in [9.17, 15) is 18.0 Å². The van der Waals surface area contributed by atoms with Gasteiger partial charge in [0.25, 0.3) is 10.0 Å². The summed E-state index contributed by atoms with van der Waals surface area (Å²) in [6.45, 7) is 3.66. The number of hydrogen-bond acceptors (Lipinski definition) is 6. The zero-order valence-electron chi connectivity index (χ0n) is 18.3. The minimum Gasteiger partial charge on any atom is -0.326 e. The molecular weight excluding hydrogens is 514 g/mol. The highest BCUT2D eigenvalue weighted by Gasteiger charge is 2.24. The molecular formula is C23H22ClN3O4S3. The third-order valence-electron chi connectivity index (χ3n) is 4.55. The quantitative estimate of drug-likeness (QED) is 0.231. The molecule has 0 saturated carbocycles. The van der Waals surface area contributed by atoms with E-state index in [-0.39, 0.29) is 21.7 Å². The Morgan fingerprint density at radius 1 is 1.15 bits per heavy atom. The van der Waals surface area contributed by atoms with E-state index >= 15 is 0 Å². The second kappa shape index (κ2) is 11.7. The number of nitrogens with zero attached hydrogens (tertiary/aromatic N) is 2. The van der Waals surface area contributed by atoms with Crippen molar-refractivity contribution in [2.45, 2.75) is 29.7 Å². The maximum absolute atomic E-state index is 12.9. The Morgan fingerprint density at radius 3 is 2.44 bits per heavy atom. The first-order valence-corrected chi connectivity index (χ1v) is 13.6. The smallest absolute Gasteiger partial charge is 0.294 e. The van der Waals surface area contributed by atoms with E-state index in [0.29, 0.717) is 22.1 Å². The number of hydrogen-bond donors (Lipinski definition) is 1. The van der Waals surface area contributed by atoms with Crippen LogP contribution in [0.4, 0.5) is 11.4 Å². The van der Waals surface area contributed by atoms with Crippen molar-refractivity contribution in [1.82, 2.24) is 0 Å². The predicted molar refractivity (Wildman–Crippen MR) is 140 cm³/mol. The standard InChI is InChI=1S/C23H22ClN3O4S3/c1-16-8-6-7-11-19(16)25-21(29)14-17(2)32-23(27(15-28)18-9-4-3-5-10-18)26-34(30,31)22-13-12-20(24)33-22/h3-13,15,17H,14H2,1-2H3,(H,25,29)/b26-23+. The molecule has 0 aliphatic carbocycles. The Balaban J connectivity index is 1.86. The molecule has 1 N–H and O–H groups in total. The maximum Gasteiger partial charge on any atom is 0.294 e. The molecule has 1 heterocycles. The number of halogens is 1. The van der Waals surface area contributed by atoms with Gasteiger partial charge in [-0.15, -0.1) is 15.7 Å². The van der Waals surface area contributed by atoms with Crippen LogP contribution in [0.2, 0.25) is 4.34 Å². The van der Waals surface area contributed by atoms with Crippen LogP contribution >= 0.6 is 34.7 Å². The van der Waals surface area contributed by atoms with Crippen molar-refractivity contribution in [2.24, 2.45) is 4.40 Å². The minimum atomic E-state index is -4.13. The molecule has 11 heteroatoms. The third-order valence-corrected chi connectivity index (χ3v) is 8.69. The number of amides is 2.